The van der Waals surface area contributed by atoms with E-state index < -0.39 is 59.2 Å². The number of halogens is 6. The van der Waals surface area contributed by atoms with Crippen molar-refractivity contribution in [2.45, 2.75) is 37.3 Å². The van der Waals surface area contributed by atoms with E-state index in [0.29, 0.717) is 19.2 Å². The Morgan fingerprint density at radius 1 is 0.892 bits per heavy atom. The van der Waals surface area contributed by atoms with Crippen molar-refractivity contribution < 1.29 is 55.3 Å². The molecule has 2 aromatic carbocycles. The number of rotatable bonds is 7. The van der Waals surface area contributed by atoms with Crippen molar-refractivity contribution in [2.24, 2.45) is 0 Å². The molecule has 0 unspecified atom stereocenters. The second kappa shape index (κ2) is 10.7. The molecule has 0 aromatic heterocycles. The van der Waals surface area contributed by atoms with Gasteiger partial charge in [0.1, 0.15) is 0 Å². The zero-order valence-corrected chi connectivity index (χ0v) is 19.6. The SMILES string of the molecule is CCOC(=O)[C@@](NC(=O)Nc1ccc([C@](O)(C(=O)OC)C(F)(F)F)cc1C)(c1ccccc1)C(F)(F)F. The molecular formula is C23H22F6N2O6. The quantitative estimate of drug-likeness (QED) is 0.364. The van der Waals surface area contributed by atoms with Crippen molar-refractivity contribution in [1.82, 2.24) is 5.32 Å². The van der Waals surface area contributed by atoms with E-state index in [1.807, 2.05) is 5.32 Å². The molecule has 2 rings (SSSR count). The minimum Gasteiger partial charge on any atom is -0.466 e. The lowest BCUT2D eigenvalue weighted by Gasteiger charge is -2.34. The van der Waals surface area contributed by atoms with Crippen molar-refractivity contribution in [1.29, 1.82) is 0 Å². The molecule has 0 bridgehead atoms. The lowest BCUT2D eigenvalue weighted by atomic mass is 9.89. The molecule has 0 aliphatic carbocycles. The van der Waals surface area contributed by atoms with E-state index in [0.717, 1.165) is 25.1 Å². The minimum absolute atomic E-state index is 0.173. The van der Waals surface area contributed by atoms with Crippen molar-refractivity contribution in [3.63, 3.8) is 0 Å². The molecule has 37 heavy (non-hydrogen) atoms. The average Bonchev–Trinajstić information content (AvgIpc) is 2.81. The highest BCUT2D eigenvalue weighted by Gasteiger charge is 2.64. The first-order valence-corrected chi connectivity index (χ1v) is 10.4. The number of carbonyl (C=O) groups excluding carboxylic acids is 3. The number of anilines is 1. The maximum Gasteiger partial charge on any atom is 0.432 e. The molecule has 0 radical (unpaired) electrons. The summed E-state index contributed by atoms with van der Waals surface area (Å²) in [5, 5.41) is 13.7. The Hall–Kier alpha value is -3.81. The van der Waals surface area contributed by atoms with Crippen LogP contribution in [0.2, 0.25) is 0 Å². The molecule has 0 spiro atoms. The smallest absolute Gasteiger partial charge is 0.432 e. The Kier molecular flexibility index (Phi) is 8.48. The van der Waals surface area contributed by atoms with Gasteiger partial charge in [-0.15, -0.1) is 0 Å². The van der Waals surface area contributed by atoms with Gasteiger partial charge in [0.25, 0.3) is 11.1 Å². The number of ether oxygens (including phenoxy) is 2. The Bertz CT molecular complexity index is 1150. The second-order valence-electron chi connectivity index (χ2n) is 7.64. The number of carbonyl (C=O) groups is 3. The molecule has 2 atom stereocenters. The normalized spacial score (nSPS) is 15.1. The molecule has 0 aliphatic rings. The summed E-state index contributed by atoms with van der Waals surface area (Å²) in [4.78, 5) is 37.0. The number of alkyl halides is 6. The Morgan fingerprint density at radius 2 is 1.49 bits per heavy atom. The second-order valence-corrected chi connectivity index (χ2v) is 7.64. The van der Waals surface area contributed by atoms with Gasteiger partial charge in [0.2, 0.25) is 0 Å². The number of urea groups is 1. The van der Waals surface area contributed by atoms with Crippen LogP contribution in [0.5, 0.6) is 0 Å². The van der Waals surface area contributed by atoms with E-state index in [-0.39, 0.29) is 11.3 Å². The number of benzene rings is 2. The van der Waals surface area contributed by atoms with Crippen LogP contribution >= 0.6 is 0 Å². The van der Waals surface area contributed by atoms with Gasteiger partial charge >= 0.3 is 30.3 Å². The van der Waals surface area contributed by atoms with Crippen LogP contribution in [0.25, 0.3) is 0 Å². The molecule has 3 N–H and O–H groups in total. The van der Waals surface area contributed by atoms with Crippen LogP contribution < -0.4 is 10.6 Å². The summed E-state index contributed by atoms with van der Waals surface area (Å²) >= 11 is 0. The molecule has 0 fully saturated rings. The zero-order chi connectivity index (χ0) is 28.2. The molecule has 202 valence electrons. The average molecular weight is 536 g/mol. The molecular weight excluding hydrogens is 514 g/mol. The van der Waals surface area contributed by atoms with Crippen LogP contribution in [0.4, 0.5) is 36.8 Å². The summed E-state index contributed by atoms with van der Waals surface area (Å²) < 4.78 is 92.0. The van der Waals surface area contributed by atoms with Crippen LogP contribution in [0.1, 0.15) is 23.6 Å². The first kappa shape index (κ1) is 29.4. The lowest BCUT2D eigenvalue weighted by molar-refractivity contribution is -0.266. The predicted molar refractivity (Wildman–Crippen MR) is 116 cm³/mol. The summed E-state index contributed by atoms with van der Waals surface area (Å²) in [7, 11) is 0.634. The first-order chi connectivity index (χ1) is 17.1. The standard InChI is InChI=1S/C23H22F6N2O6/c1-4-37-17(32)20(22(24,25)26,14-8-6-5-7-9-14)31-19(34)30-16-11-10-15(12-13(16)2)21(35,18(33)36-3)23(27,28)29/h5-12,35H,4H2,1-3H3,(H2,30,31,34)/t20-,21-/m0/s1. The monoisotopic (exact) mass is 536 g/mol. The lowest BCUT2D eigenvalue weighted by Crippen LogP contribution is -2.62. The van der Waals surface area contributed by atoms with Crippen LogP contribution in [0.3, 0.4) is 0 Å². The fourth-order valence-electron chi connectivity index (χ4n) is 3.42. The van der Waals surface area contributed by atoms with Gasteiger partial charge in [-0.2, -0.15) is 26.3 Å². The largest absolute Gasteiger partial charge is 0.466 e. The number of methoxy groups -OCH3 is 1. The molecule has 0 aliphatic heterocycles. The van der Waals surface area contributed by atoms with Crippen molar-refractivity contribution >= 4 is 23.7 Å². The minimum atomic E-state index is -5.49. The van der Waals surface area contributed by atoms with Gasteiger partial charge in [-0.25, -0.2) is 14.4 Å². The van der Waals surface area contributed by atoms with E-state index in [1.165, 1.54) is 25.1 Å². The zero-order valence-electron chi connectivity index (χ0n) is 19.6. The highest BCUT2D eigenvalue weighted by atomic mass is 19.4. The summed E-state index contributed by atoms with van der Waals surface area (Å²) in [6.07, 6.45) is -10.9. The number of hydrogen-bond donors (Lipinski definition) is 3. The fourth-order valence-corrected chi connectivity index (χ4v) is 3.42. The third-order valence-corrected chi connectivity index (χ3v) is 5.30. The Morgan fingerprint density at radius 3 is 1.95 bits per heavy atom. The molecule has 8 nitrogen and oxygen atoms in total. The van der Waals surface area contributed by atoms with E-state index in [4.69, 9.17) is 0 Å². The summed E-state index contributed by atoms with van der Waals surface area (Å²) in [6, 6.07) is 6.31. The van der Waals surface area contributed by atoms with Crippen molar-refractivity contribution in [3.8, 4) is 0 Å². The molecule has 0 saturated heterocycles. The molecule has 0 heterocycles. The summed E-state index contributed by atoms with van der Waals surface area (Å²) in [5.41, 5.74) is -9.75. The maximum absolute atomic E-state index is 14.3. The van der Waals surface area contributed by atoms with Gasteiger partial charge in [0.05, 0.1) is 13.7 Å². The van der Waals surface area contributed by atoms with Crippen LogP contribution in [0.15, 0.2) is 48.5 Å². The van der Waals surface area contributed by atoms with Crippen molar-refractivity contribution in [2.75, 3.05) is 19.0 Å². The number of amides is 2. The molecule has 0 saturated carbocycles. The number of aryl methyl sites for hydroxylation is 1. The van der Waals surface area contributed by atoms with Crippen LogP contribution in [-0.4, -0.2) is 49.1 Å². The van der Waals surface area contributed by atoms with E-state index in [2.05, 4.69) is 9.47 Å². The third-order valence-electron chi connectivity index (χ3n) is 5.30. The number of esters is 2. The van der Waals surface area contributed by atoms with Gasteiger partial charge in [-0.1, -0.05) is 42.5 Å². The molecule has 14 heteroatoms. The van der Waals surface area contributed by atoms with Gasteiger partial charge in [0, 0.05) is 11.3 Å². The highest BCUT2D eigenvalue weighted by molar-refractivity contribution is 5.96. The van der Waals surface area contributed by atoms with Gasteiger partial charge in [-0.3, -0.25) is 0 Å². The highest BCUT2D eigenvalue weighted by Crippen LogP contribution is 2.42. The number of nitrogens with one attached hydrogen (secondary N) is 2. The van der Waals surface area contributed by atoms with Crippen LogP contribution in [0, 0.1) is 6.92 Å². The fraction of sp³-hybridized carbons (Fsp3) is 0.348. The summed E-state index contributed by atoms with van der Waals surface area (Å²) in [5.74, 6) is -3.84. The maximum atomic E-state index is 14.3. The van der Waals surface area contributed by atoms with Gasteiger partial charge in [0.15, 0.2) is 0 Å². The molecule has 2 aromatic rings. The molecule has 2 amide bonds. The third kappa shape index (κ3) is 5.48. The van der Waals surface area contributed by atoms with E-state index >= 15 is 0 Å². The number of hydrogen-bond acceptors (Lipinski definition) is 6. The van der Waals surface area contributed by atoms with Gasteiger partial charge < -0.3 is 25.2 Å². The van der Waals surface area contributed by atoms with Gasteiger partial charge in [-0.05, 0) is 31.0 Å². The van der Waals surface area contributed by atoms with E-state index in [9.17, 15) is 45.8 Å². The Labute approximate surface area is 206 Å². The van der Waals surface area contributed by atoms with Crippen LogP contribution in [-0.2, 0) is 30.2 Å². The predicted octanol–water partition coefficient (Wildman–Crippen LogP) is 4.06. The van der Waals surface area contributed by atoms with Crippen molar-refractivity contribution in [3.05, 3.63) is 65.2 Å². The number of aliphatic hydroxyl groups is 1. The Balaban J connectivity index is 2.48. The van der Waals surface area contributed by atoms with E-state index in [1.54, 1.807) is 5.32 Å². The summed E-state index contributed by atoms with van der Waals surface area (Å²) in [6.45, 7) is 1.99. The first-order valence-electron chi connectivity index (χ1n) is 10.4. The topological polar surface area (TPSA) is 114 Å².